The highest BCUT2D eigenvalue weighted by molar-refractivity contribution is 7.99. The maximum absolute atomic E-state index is 12.8. The lowest BCUT2D eigenvalue weighted by atomic mass is 9.97. The van der Waals surface area contributed by atoms with Crippen LogP contribution in [0, 0.1) is 0 Å². The van der Waals surface area contributed by atoms with E-state index < -0.39 is 5.54 Å². The normalized spacial score (nSPS) is 18.6. The van der Waals surface area contributed by atoms with E-state index in [0.717, 1.165) is 25.7 Å². The molecule has 1 aliphatic heterocycles. The van der Waals surface area contributed by atoms with E-state index in [0.29, 0.717) is 52.8 Å². The Balaban J connectivity index is 1.40. The Bertz CT molecular complexity index is 944. The summed E-state index contributed by atoms with van der Waals surface area (Å²) in [6.45, 7) is 2.55. The summed E-state index contributed by atoms with van der Waals surface area (Å²) in [5.41, 5.74) is 17.5. The van der Waals surface area contributed by atoms with Crippen LogP contribution in [0.2, 0.25) is 5.02 Å². The molecule has 6 N–H and O–H groups in total. The fourth-order valence-corrected chi connectivity index (χ4v) is 4.93. The van der Waals surface area contributed by atoms with E-state index in [1.807, 2.05) is 4.90 Å². The van der Waals surface area contributed by atoms with Crippen molar-refractivity contribution in [1.82, 2.24) is 19.9 Å². The molecule has 160 valence electrons. The first kappa shape index (κ1) is 21.0. The first-order valence-corrected chi connectivity index (χ1v) is 11.1. The number of nitrogen functional groups attached to an aromatic ring is 2. The topological polar surface area (TPSA) is 140 Å². The van der Waals surface area contributed by atoms with Gasteiger partial charge in [-0.2, -0.15) is 0 Å². The number of pyridine rings is 1. The van der Waals surface area contributed by atoms with E-state index in [1.165, 1.54) is 11.8 Å². The van der Waals surface area contributed by atoms with Crippen LogP contribution < -0.4 is 22.1 Å². The van der Waals surface area contributed by atoms with Crippen molar-refractivity contribution < 1.29 is 4.79 Å². The second kappa shape index (κ2) is 8.44. The highest BCUT2D eigenvalue weighted by Gasteiger charge is 2.40. The smallest absolute Gasteiger partial charge is 0.242 e. The Morgan fingerprint density at radius 1 is 1.10 bits per heavy atom. The van der Waals surface area contributed by atoms with Crippen molar-refractivity contribution in [2.75, 3.05) is 42.5 Å². The van der Waals surface area contributed by atoms with E-state index in [1.54, 1.807) is 18.5 Å². The van der Waals surface area contributed by atoms with Gasteiger partial charge in [0, 0.05) is 37.3 Å². The molecule has 3 heterocycles. The number of anilines is 3. The van der Waals surface area contributed by atoms with E-state index in [-0.39, 0.29) is 11.7 Å². The van der Waals surface area contributed by atoms with Gasteiger partial charge in [0.1, 0.15) is 16.7 Å². The molecule has 0 spiro atoms. The largest absolute Gasteiger partial charge is 0.382 e. The van der Waals surface area contributed by atoms with Crippen molar-refractivity contribution in [1.29, 1.82) is 0 Å². The molecule has 2 fully saturated rings. The molecule has 0 atom stereocenters. The zero-order valence-electron chi connectivity index (χ0n) is 16.6. The highest BCUT2D eigenvalue weighted by Crippen LogP contribution is 2.36. The van der Waals surface area contributed by atoms with Gasteiger partial charge in [-0.15, -0.1) is 0 Å². The SMILES string of the molecule is Nc1nc(N2CCN(C(=O)C3(N)CCCC3)CC2)cnc1Sc1ccnc(N)c1Cl. The molecule has 9 nitrogen and oxygen atoms in total. The average molecular weight is 449 g/mol. The molecule has 2 aromatic rings. The molecular weight excluding hydrogens is 424 g/mol. The zero-order valence-corrected chi connectivity index (χ0v) is 18.1. The van der Waals surface area contributed by atoms with Crippen LogP contribution in [0.4, 0.5) is 17.5 Å². The molecule has 1 saturated carbocycles. The van der Waals surface area contributed by atoms with Crippen LogP contribution in [0.3, 0.4) is 0 Å². The summed E-state index contributed by atoms with van der Waals surface area (Å²) < 4.78 is 0. The van der Waals surface area contributed by atoms with E-state index in [2.05, 4.69) is 19.9 Å². The number of halogens is 1. The lowest BCUT2D eigenvalue weighted by Gasteiger charge is -2.38. The number of carbonyl (C=O) groups excluding carboxylic acids is 1. The van der Waals surface area contributed by atoms with E-state index >= 15 is 0 Å². The number of amides is 1. The molecule has 2 aliphatic rings. The Morgan fingerprint density at radius 3 is 2.47 bits per heavy atom. The third kappa shape index (κ3) is 4.12. The molecule has 30 heavy (non-hydrogen) atoms. The van der Waals surface area contributed by atoms with Crippen molar-refractivity contribution >= 4 is 46.7 Å². The predicted octanol–water partition coefficient (Wildman–Crippen LogP) is 1.76. The molecular formula is C19H25ClN8OS. The van der Waals surface area contributed by atoms with Gasteiger partial charge in [0.05, 0.1) is 16.8 Å². The summed E-state index contributed by atoms with van der Waals surface area (Å²) in [4.78, 5) is 30.4. The van der Waals surface area contributed by atoms with Crippen LogP contribution in [-0.2, 0) is 4.79 Å². The number of piperazine rings is 1. The highest BCUT2D eigenvalue weighted by atomic mass is 35.5. The molecule has 0 bridgehead atoms. The first-order chi connectivity index (χ1) is 14.4. The van der Waals surface area contributed by atoms with Crippen LogP contribution in [0.1, 0.15) is 25.7 Å². The Kier molecular flexibility index (Phi) is 5.90. The molecule has 0 unspecified atom stereocenters. The van der Waals surface area contributed by atoms with Crippen molar-refractivity contribution in [3.63, 3.8) is 0 Å². The maximum atomic E-state index is 12.8. The van der Waals surface area contributed by atoms with Crippen LogP contribution >= 0.6 is 23.4 Å². The number of nitrogens with zero attached hydrogens (tertiary/aromatic N) is 5. The third-order valence-electron chi connectivity index (χ3n) is 5.65. The summed E-state index contributed by atoms with van der Waals surface area (Å²) in [7, 11) is 0. The summed E-state index contributed by atoms with van der Waals surface area (Å²) in [5, 5.41) is 0.917. The third-order valence-corrected chi connectivity index (χ3v) is 7.23. The van der Waals surface area contributed by atoms with Crippen LogP contribution in [0.15, 0.2) is 28.4 Å². The van der Waals surface area contributed by atoms with Crippen molar-refractivity contribution in [3.8, 4) is 0 Å². The molecule has 1 amide bonds. The van der Waals surface area contributed by atoms with Crippen molar-refractivity contribution in [2.45, 2.75) is 41.1 Å². The minimum absolute atomic E-state index is 0.0745. The zero-order chi connectivity index (χ0) is 21.3. The van der Waals surface area contributed by atoms with Crippen molar-refractivity contribution in [3.05, 3.63) is 23.5 Å². The standard InChI is InChI=1S/C19H25ClN8OS/c20-14-12(3-6-24-15(14)21)30-17-16(22)26-13(11-25-17)27-7-9-28(10-8-27)18(29)19(23)4-1-2-5-19/h3,6,11H,1-2,4-5,7-10,23H2,(H2,21,24)(H2,22,26). The van der Waals surface area contributed by atoms with Gasteiger partial charge in [0.15, 0.2) is 5.82 Å². The maximum Gasteiger partial charge on any atom is 0.242 e. The first-order valence-electron chi connectivity index (χ1n) is 9.91. The Labute approximate surface area is 184 Å². The molecule has 0 aromatic carbocycles. The molecule has 4 rings (SSSR count). The van der Waals surface area contributed by atoms with E-state index in [4.69, 9.17) is 28.8 Å². The minimum Gasteiger partial charge on any atom is -0.382 e. The number of carbonyl (C=O) groups is 1. The van der Waals surface area contributed by atoms with E-state index in [9.17, 15) is 4.79 Å². The molecule has 11 heteroatoms. The summed E-state index contributed by atoms with van der Waals surface area (Å²) >= 11 is 7.49. The Hall–Kier alpha value is -2.30. The van der Waals surface area contributed by atoms with Gasteiger partial charge in [-0.25, -0.2) is 15.0 Å². The van der Waals surface area contributed by atoms with Crippen LogP contribution in [0.25, 0.3) is 0 Å². The molecule has 0 radical (unpaired) electrons. The average Bonchev–Trinajstić information content (AvgIpc) is 3.20. The number of hydrogen-bond donors (Lipinski definition) is 3. The monoisotopic (exact) mass is 448 g/mol. The summed E-state index contributed by atoms with van der Waals surface area (Å²) in [6.07, 6.45) is 6.88. The predicted molar refractivity (Wildman–Crippen MR) is 118 cm³/mol. The number of rotatable bonds is 4. The van der Waals surface area contributed by atoms with Gasteiger partial charge >= 0.3 is 0 Å². The van der Waals surface area contributed by atoms with Gasteiger partial charge in [-0.1, -0.05) is 36.2 Å². The fraction of sp³-hybridized carbons (Fsp3) is 0.474. The van der Waals surface area contributed by atoms with Gasteiger partial charge < -0.3 is 27.0 Å². The van der Waals surface area contributed by atoms with Crippen LogP contribution in [0.5, 0.6) is 0 Å². The fourth-order valence-electron chi connectivity index (χ4n) is 3.91. The van der Waals surface area contributed by atoms with Crippen molar-refractivity contribution in [2.24, 2.45) is 5.73 Å². The van der Waals surface area contributed by atoms with Gasteiger partial charge in [-0.05, 0) is 18.9 Å². The molecule has 1 saturated heterocycles. The summed E-state index contributed by atoms with van der Waals surface area (Å²) in [5.74, 6) is 1.33. The second-order valence-corrected chi connectivity index (χ2v) is 9.08. The lowest BCUT2D eigenvalue weighted by molar-refractivity contribution is -0.137. The second-order valence-electron chi connectivity index (χ2n) is 7.67. The lowest BCUT2D eigenvalue weighted by Crippen LogP contribution is -2.58. The number of aromatic nitrogens is 3. The van der Waals surface area contributed by atoms with Gasteiger partial charge in [0.2, 0.25) is 5.91 Å². The van der Waals surface area contributed by atoms with Gasteiger partial charge in [-0.3, -0.25) is 4.79 Å². The summed E-state index contributed by atoms with van der Waals surface area (Å²) in [6, 6.07) is 1.75. The van der Waals surface area contributed by atoms with Gasteiger partial charge in [0.25, 0.3) is 0 Å². The molecule has 1 aliphatic carbocycles. The Morgan fingerprint density at radius 2 is 1.80 bits per heavy atom. The minimum atomic E-state index is -0.678. The quantitative estimate of drug-likeness (QED) is 0.637. The number of nitrogens with two attached hydrogens (primary N) is 3. The number of hydrogen-bond acceptors (Lipinski definition) is 9. The molecule has 2 aromatic heterocycles. The van der Waals surface area contributed by atoms with Crippen LogP contribution in [-0.4, -0.2) is 57.5 Å².